The minimum Gasteiger partial charge on any atom is -0.461 e. The van der Waals surface area contributed by atoms with Gasteiger partial charge in [0.2, 0.25) is 0 Å². The van der Waals surface area contributed by atoms with E-state index < -0.39 is 0 Å². The summed E-state index contributed by atoms with van der Waals surface area (Å²) < 4.78 is 5.86. The average molecular weight is 238 g/mol. The van der Waals surface area contributed by atoms with Crippen molar-refractivity contribution in [3.8, 4) is 12.3 Å². The summed E-state index contributed by atoms with van der Waals surface area (Å²) >= 11 is 0. The molecule has 3 heteroatoms. The molecule has 2 heterocycles. The molecule has 0 fully saturated rings. The Labute approximate surface area is 106 Å². The van der Waals surface area contributed by atoms with Gasteiger partial charge in [-0.05, 0) is 12.1 Å². The molecule has 0 saturated heterocycles. The SMILES string of the molecule is C#CCNC1=NCC(c2cc3ccccc3o2)C1. The molecular weight excluding hydrogens is 224 g/mol. The summed E-state index contributed by atoms with van der Waals surface area (Å²) in [6, 6.07) is 10.2. The summed E-state index contributed by atoms with van der Waals surface area (Å²) in [5.41, 5.74) is 0.942. The number of hydrogen-bond donors (Lipinski definition) is 1. The molecule has 3 nitrogen and oxygen atoms in total. The fourth-order valence-corrected chi connectivity index (χ4v) is 2.26. The molecule has 0 spiro atoms. The number of aliphatic imine (C=N–C) groups is 1. The normalized spacial score (nSPS) is 18.6. The van der Waals surface area contributed by atoms with E-state index in [1.165, 1.54) is 0 Å². The van der Waals surface area contributed by atoms with E-state index in [2.05, 4.69) is 28.4 Å². The molecule has 2 aromatic rings. The van der Waals surface area contributed by atoms with Gasteiger partial charge in [-0.1, -0.05) is 24.1 Å². The predicted octanol–water partition coefficient (Wildman–Crippen LogP) is 2.54. The van der Waals surface area contributed by atoms with Crippen LogP contribution in [-0.2, 0) is 0 Å². The Hall–Kier alpha value is -2.21. The van der Waals surface area contributed by atoms with Crippen molar-refractivity contribution in [2.45, 2.75) is 12.3 Å². The lowest BCUT2D eigenvalue weighted by Gasteiger charge is -2.04. The van der Waals surface area contributed by atoms with E-state index in [4.69, 9.17) is 10.8 Å². The van der Waals surface area contributed by atoms with Crippen molar-refractivity contribution < 1.29 is 4.42 Å². The first-order chi connectivity index (χ1) is 8.86. The van der Waals surface area contributed by atoms with Gasteiger partial charge >= 0.3 is 0 Å². The molecule has 3 rings (SSSR count). The highest BCUT2D eigenvalue weighted by Gasteiger charge is 2.23. The maximum absolute atomic E-state index is 5.86. The molecule has 18 heavy (non-hydrogen) atoms. The van der Waals surface area contributed by atoms with Gasteiger partial charge < -0.3 is 9.73 Å². The van der Waals surface area contributed by atoms with Crippen LogP contribution in [0, 0.1) is 12.3 Å². The predicted molar refractivity (Wildman–Crippen MR) is 72.7 cm³/mol. The number of benzene rings is 1. The maximum atomic E-state index is 5.86. The highest BCUT2D eigenvalue weighted by Crippen LogP contribution is 2.30. The lowest BCUT2D eigenvalue weighted by Crippen LogP contribution is -2.22. The van der Waals surface area contributed by atoms with E-state index in [-0.39, 0.29) is 0 Å². The first-order valence-electron chi connectivity index (χ1n) is 6.06. The van der Waals surface area contributed by atoms with E-state index in [1.54, 1.807) is 0 Å². The van der Waals surface area contributed by atoms with Crippen molar-refractivity contribution >= 4 is 16.8 Å². The molecule has 1 aliphatic heterocycles. The van der Waals surface area contributed by atoms with Crippen LogP contribution in [0.4, 0.5) is 0 Å². The average Bonchev–Trinajstić information content (AvgIpc) is 3.02. The van der Waals surface area contributed by atoms with Crippen LogP contribution < -0.4 is 5.32 Å². The van der Waals surface area contributed by atoms with Crippen LogP contribution >= 0.6 is 0 Å². The number of fused-ring (bicyclic) bond motifs is 1. The molecule has 0 saturated carbocycles. The standard InChI is InChI=1S/C15H14N2O/c1-2-7-16-15-9-12(10-17-15)14-8-11-5-3-4-6-13(11)18-14/h1,3-6,8,12H,7,9-10H2,(H,16,17). The molecule has 0 bridgehead atoms. The van der Waals surface area contributed by atoms with Gasteiger partial charge in [0, 0.05) is 17.7 Å². The minimum atomic E-state index is 0.331. The number of furan rings is 1. The Morgan fingerprint density at radius 3 is 3.17 bits per heavy atom. The van der Waals surface area contributed by atoms with Crippen molar-refractivity contribution in [1.82, 2.24) is 5.32 Å². The molecule has 1 unspecified atom stereocenters. The Morgan fingerprint density at radius 1 is 1.44 bits per heavy atom. The zero-order valence-electron chi connectivity index (χ0n) is 10.0. The first-order valence-corrected chi connectivity index (χ1v) is 6.06. The Balaban J connectivity index is 1.75. The highest BCUT2D eigenvalue weighted by molar-refractivity contribution is 5.85. The molecule has 0 radical (unpaired) electrons. The minimum absolute atomic E-state index is 0.331. The quantitative estimate of drug-likeness (QED) is 0.816. The van der Waals surface area contributed by atoms with Gasteiger partial charge in [-0.15, -0.1) is 6.42 Å². The number of amidine groups is 1. The summed E-state index contributed by atoms with van der Waals surface area (Å²) in [4.78, 5) is 4.45. The Morgan fingerprint density at radius 2 is 2.33 bits per heavy atom. The summed E-state index contributed by atoms with van der Waals surface area (Å²) in [6.07, 6.45) is 6.09. The maximum Gasteiger partial charge on any atom is 0.134 e. The van der Waals surface area contributed by atoms with E-state index in [0.717, 1.165) is 35.5 Å². The van der Waals surface area contributed by atoms with Crippen LogP contribution in [0.3, 0.4) is 0 Å². The second-order valence-corrected chi connectivity index (χ2v) is 4.43. The van der Waals surface area contributed by atoms with Crippen LogP contribution in [0.25, 0.3) is 11.0 Å². The first kappa shape index (κ1) is 10.9. The van der Waals surface area contributed by atoms with Crippen molar-refractivity contribution in [3.05, 3.63) is 36.1 Å². The summed E-state index contributed by atoms with van der Waals surface area (Å²) in [6.45, 7) is 1.30. The van der Waals surface area contributed by atoms with Gasteiger partial charge in [0.25, 0.3) is 0 Å². The fraction of sp³-hybridized carbons (Fsp3) is 0.267. The van der Waals surface area contributed by atoms with Crippen LogP contribution in [-0.4, -0.2) is 18.9 Å². The molecular formula is C15H14N2O. The monoisotopic (exact) mass is 238 g/mol. The number of terminal acetylenes is 1. The molecule has 1 N–H and O–H groups in total. The second-order valence-electron chi connectivity index (χ2n) is 4.43. The van der Waals surface area contributed by atoms with E-state index >= 15 is 0 Å². The van der Waals surface area contributed by atoms with Crippen molar-refractivity contribution in [1.29, 1.82) is 0 Å². The van der Waals surface area contributed by atoms with Crippen molar-refractivity contribution in [2.24, 2.45) is 4.99 Å². The molecule has 0 amide bonds. The molecule has 1 atom stereocenters. The van der Waals surface area contributed by atoms with Crippen molar-refractivity contribution in [3.63, 3.8) is 0 Å². The molecule has 1 aliphatic rings. The van der Waals surface area contributed by atoms with E-state index in [1.807, 2.05) is 18.2 Å². The summed E-state index contributed by atoms with van der Waals surface area (Å²) in [7, 11) is 0. The van der Waals surface area contributed by atoms with Gasteiger partial charge in [0.05, 0.1) is 18.9 Å². The van der Waals surface area contributed by atoms with Crippen LogP contribution in [0.1, 0.15) is 18.1 Å². The third kappa shape index (κ3) is 1.98. The number of nitrogens with one attached hydrogen (secondary N) is 1. The van der Waals surface area contributed by atoms with Gasteiger partial charge in [-0.3, -0.25) is 4.99 Å². The lowest BCUT2D eigenvalue weighted by atomic mass is 10.0. The molecule has 1 aromatic heterocycles. The van der Waals surface area contributed by atoms with E-state index in [0.29, 0.717) is 12.5 Å². The van der Waals surface area contributed by atoms with Gasteiger partial charge in [-0.2, -0.15) is 0 Å². The lowest BCUT2D eigenvalue weighted by molar-refractivity contribution is 0.508. The fourth-order valence-electron chi connectivity index (χ4n) is 2.26. The summed E-state index contributed by atoms with van der Waals surface area (Å²) in [5, 5.41) is 4.29. The number of para-hydroxylation sites is 1. The topological polar surface area (TPSA) is 37.5 Å². The van der Waals surface area contributed by atoms with Gasteiger partial charge in [0.1, 0.15) is 11.3 Å². The number of hydrogen-bond acceptors (Lipinski definition) is 3. The number of rotatable bonds is 2. The van der Waals surface area contributed by atoms with E-state index in [9.17, 15) is 0 Å². The van der Waals surface area contributed by atoms with Crippen LogP contribution in [0.5, 0.6) is 0 Å². The summed E-state index contributed by atoms with van der Waals surface area (Å²) in [5.74, 6) is 4.88. The zero-order chi connectivity index (χ0) is 12.4. The van der Waals surface area contributed by atoms with Crippen LogP contribution in [0.15, 0.2) is 39.7 Å². The third-order valence-corrected chi connectivity index (χ3v) is 3.18. The van der Waals surface area contributed by atoms with Gasteiger partial charge in [0.15, 0.2) is 0 Å². The smallest absolute Gasteiger partial charge is 0.134 e. The zero-order valence-corrected chi connectivity index (χ0v) is 10.0. The van der Waals surface area contributed by atoms with Crippen molar-refractivity contribution in [2.75, 3.05) is 13.1 Å². The molecule has 90 valence electrons. The largest absolute Gasteiger partial charge is 0.461 e. The Bertz CT molecular complexity index is 600. The third-order valence-electron chi connectivity index (χ3n) is 3.18. The second kappa shape index (κ2) is 4.58. The molecule has 0 aliphatic carbocycles. The molecule has 1 aromatic carbocycles. The van der Waals surface area contributed by atoms with Crippen LogP contribution in [0.2, 0.25) is 0 Å². The van der Waals surface area contributed by atoms with Gasteiger partial charge in [-0.25, -0.2) is 0 Å². The Kier molecular flexibility index (Phi) is 2.77. The highest BCUT2D eigenvalue weighted by atomic mass is 16.3. The number of nitrogens with zero attached hydrogens (tertiary/aromatic N) is 1.